The lowest BCUT2D eigenvalue weighted by molar-refractivity contribution is -0.120. The van der Waals surface area contributed by atoms with Crippen LogP contribution in [0.3, 0.4) is 0 Å². The number of carbonyl (C=O) groups is 2. The monoisotopic (exact) mass is 436 g/mol. The number of nitrogens with one attached hydrogen (secondary N) is 1. The number of imide groups is 1. The quantitative estimate of drug-likeness (QED) is 0.509. The molecule has 3 aromatic rings. The van der Waals surface area contributed by atoms with Crippen LogP contribution in [0.2, 0.25) is 10.0 Å². The van der Waals surface area contributed by atoms with Gasteiger partial charge in [0.25, 0.3) is 11.8 Å². The van der Waals surface area contributed by atoms with Gasteiger partial charge in [-0.05, 0) is 54.8 Å². The Morgan fingerprint density at radius 2 is 1.53 bits per heavy atom. The van der Waals surface area contributed by atoms with Crippen LogP contribution >= 0.6 is 23.2 Å². The van der Waals surface area contributed by atoms with Crippen molar-refractivity contribution in [3.8, 4) is 0 Å². The van der Waals surface area contributed by atoms with E-state index in [-0.39, 0.29) is 5.70 Å². The minimum absolute atomic E-state index is 0.202. The molecular weight excluding hydrogens is 419 g/mol. The van der Waals surface area contributed by atoms with Gasteiger partial charge in [-0.3, -0.25) is 9.59 Å². The van der Waals surface area contributed by atoms with Crippen molar-refractivity contribution in [1.82, 2.24) is 0 Å². The first-order valence-corrected chi connectivity index (χ1v) is 10.1. The molecule has 0 fully saturated rings. The Kier molecular flexibility index (Phi) is 5.37. The lowest BCUT2D eigenvalue weighted by Crippen LogP contribution is -2.32. The molecule has 4 rings (SSSR count). The van der Waals surface area contributed by atoms with Crippen LogP contribution in [0.1, 0.15) is 16.7 Å². The molecule has 3 aromatic carbocycles. The summed E-state index contributed by atoms with van der Waals surface area (Å²) in [5.74, 6) is -0.855. The van der Waals surface area contributed by atoms with Gasteiger partial charge in [-0.2, -0.15) is 0 Å². The first-order valence-electron chi connectivity index (χ1n) is 9.35. The van der Waals surface area contributed by atoms with Gasteiger partial charge in [0.2, 0.25) is 0 Å². The summed E-state index contributed by atoms with van der Waals surface area (Å²) < 4.78 is 0. The molecule has 150 valence electrons. The van der Waals surface area contributed by atoms with E-state index in [0.717, 1.165) is 16.0 Å². The van der Waals surface area contributed by atoms with Crippen LogP contribution in [0.25, 0.3) is 5.57 Å². The molecule has 0 aromatic heterocycles. The van der Waals surface area contributed by atoms with Crippen molar-refractivity contribution in [3.63, 3.8) is 0 Å². The first kappa shape index (κ1) is 20.2. The van der Waals surface area contributed by atoms with Crippen LogP contribution in [0, 0.1) is 13.8 Å². The van der Waals surface area contributed by atoms with Gasteiger partial charge in [0.05, 0.1) is 11.3 Å². The Morgan fingerprint density at radius 1 is 0.800 bits per heavy atom. The van der Waals surface area contributed by atoms with Crippen molar-refractivity contribution in [2.24, 2.45) is 0 Å². The maximum atomic E-state index is 13.4. The van der Waals surface area contributed by atoms with Gasteiger partial charge in [-0.25, -0.2) is 4.90 Å². The number of rotatable bonds is 4. The number of hydrogen-bond acceptors (Lipinski definition) is 3. The molecule has 0 saturated carbocycles. The fourth-order valence-electron chi connectivity index (χ4n) is 3.35. The van der Waals surface area contributed by atoms with Crippen LogP contribution < -0.4 is 10.2 Å². The molecule has 1 N–H and O–H groups in total. The second-order valence-corrected chi connectivity index (χ2v) is 7.85. The van der Waals surface area contributed by atoms with E-state index >= 15 is 0 Å². The average Bonchev–Trinajstić information content (AvgIpc) is 2.98. The Labute approximate surface area is 184 Å². The van der Waals surface area contributed by atoms with Crippen LogP contribution in [-0.2, 0) is 9.59 Å². The highest BCUT2D eigenvalue weighted by atomic mass is 35.5. The van der Waals surface area contributed by atoms with E-state index < -0.39 is 11.8 Å². The van der Waals surface area contributed by atoms with Crippen molar-refractivity contribution in [2.45, 2.75) is 13.8 Å². The number of amides is 2. The molecule has 4 nitrogen and oxygen atoms in total. The molecule has 0 aliphatic carbocycles. The largest absolute Gasteiger partial charge is 0.350 e. The van der Waals surface area contributed by atoms with Crippen molar-refractivity contribution < 1.29 is 9.59 Å². The number of hydrogen-bond donors (Lipinski definition) is 1. The Morgan fingerprint density at radius 3 is 2.23 bits per heavy atom. The zero-order valence-corrected chi connectivity index (χ0v) is 17.9. The van der Waals surface area contributed by atoms with Crippen LogP contribution in [0.5, 0.6) is 0 Å². The van der Waals surface area contributed by atoms with E-state index in [4.69, 9.17) is 23.2 Å². The summed E-state index contributed by atoms with van der Waals surface area (Å²) in [6.07, 6.45) is 0. The number of halogens is 2. The Hall–Kier alpha value is -3.08. The Bertz CT molecular complexity index is 1200. The van der Waals surface area contributed by atoms with E-state index in [9.17, 15) is 9.59 Å². The normalized spacial score (nSPS) is 13.9. The lowest BCUT2D eigenvalue weighted by atomic mass is 10.0. The number of aryl methyl sites for hydroxylation is 1. The van der Waals surface area contributed by atoms with Gasteiger partial charge in [0, 0.05) is 15.7 Å². The first-order chi connectivity index (χ1) is 14.4. The molecule has 2 amide bonds. The molecule has 1 aliphatic rings. The highest BCUT2D eigenvalue weighted by molar-refractivity contribution is 6.46. The molecule has 1 heterocycles. The number of anilines is 2. The van der Waals surface area contributed by atoms with Crippen LogP contribution in [0.15, 0.2) is 72.4 Å². The fourth-order valence-corrected chi connectivity index (χ4v) is 3.70. The average molecular weight is 437 g/mol. The van der Waals surface area contributed by atoms with E-state index in [1.54, 1.807) is 42.5 Å². The van der Waals surface area contributed by atoms with Crippen LogP contribution in [-0.4, -0.2) is 11.8 Å². The maximum absolute atomic E-state index is 13.4. The third-order valence-electron chi connectivity index (χ3n) is 5.09. The second kappa shape index (κ2) is 7.98. The van der Waals surface area contributed by atoms with Gasteiger partial charge >= 0.3 is 0 Å². The van der Waals surface area contributed by atoms with Crippen molar-refractivity contribution >= 4 is 52.0 Å². The minimum atomic E-state index is -0.446. The van der Waals surface area contributed by atoms with Crippen molar-refractivity contribution in [3.05, 3.63) is 99.2 Å². The van der Waals surface area contributed by atoms with Gasteiger partial charge in [-0.15, -0.1) is 0 Å². The standard InChI is InChI=1S/C24H18Cl2N2O2/c1-14-11-12-17(13-19(14)26)28-23(29)21(16-7-4-3-5-8-16)22(24(28)30)27-20-10-6-9-18(25)15(20)2/h3-13,27H,1-2H3. The zero-order valence-electron chi connectivity index (χ0n) is 16.4. The predicted molar refractivity (Wildman–Crippen MR) is 122 cm³/mol. The minimum Gasteiger partial charge on any atom is -0.350 e. The van der Waals surface area contributed by atoms with Gasteiger partial charge < -0.3 is 5.32 Å². The molecule has 0 saturated heterocycles. The zero-order chi connectivity index (χ0) is 21.4. The molecule has 6 heteroatoms. The summed E-state index contributed by atoms with van der Waals surface area (Å²) in [6, 6.07) is 19.6. The van der Waals surface area contributed by atoms with Gasteiger partial charge in [0.15, 0.2) is 0 Å². The van der Waals surface area contributed by atoms with Crippen LogP contribution in [0.4, 0.5) is 11.4 Å². The summed E-state index contributed by atoms with van der Waals surface area (Å²) in [5, 5.41) is 4.21. The maximum Gasteiger partial charge on any atom is 0.282 e. The summed E-state index contributed by atoms with van der Waals surface area (Å²) >= 11 is 12.5. The lowest BCUT2D eigenvalue weighted by Gasteiger charge is -2.16. The molecule has 0 unspecified atom stereocenters. The number of carbonyl (C=O) groups excluding carboxylic acids is 2. The van der Waals surface area contributed by atoms with Crippen molar-refractivity contribution in [2.75, 3.05) is 10.2 Å². The summed E-state index contributed by atoms with van der Waals surface area (Å²) in [6.45, 7) is 3.72. The van der Waals surface area contributed by atoms with E-state index in [2.05, 4.69) is 5.32 Å². The smallest absolute Gasteiger partial charge is 0.282 e. The highest BCUT2D eigenvalue weighted by Crippen LogP contribution is 2.36. The molecule has 0 radical (unpaired) electrons. The third-order valence-corrected chi connectivity index (χ3v) is 5.90. The van der Waals surface area contributed by atoms with Crippen molar-refractivity contribution in [1.29, 1.82) is 0 Å². The molecule has 30 heavy (non-hydrogen) atoms. The molecule has 0 spiro atoms. The SMILES string of the molecule is Cc1ccc(N2C(=O)C(Nc3cccc(Cl)c3C)=C(c3ccccc3)C2=O)cc1Cl. The fraction of sp³-hybridized carbons (Fsp3) is 0.0833. The molecule has 0 atom stereocenters. The van der Waals surface area contributed by atoms with Gasteiger partial charge in [-0.1, -0.05) is 65.7 Å². The van der Waals surface area contributed by atoms with E-state index in [1.165, 1.54) is 0 Å². The predicted octanol–water partition coefficient (Wildman–Crippen LogP) is 6.01. The topological polar surface area (TPSA) is 49.4 Å². The molecular formula is C24H18Cl2N2O2. The van der Waals surface area contributed by atoms with E-state index in [1.807, 2.05) is 38.1 Å². The second-order valence-electron chi connectivity index (χ2n) is 7.03. The molecule has 0 bridgehead atoms. The summed E-state index contributed by atoms with van der Waals surface area (Å²) in [5.41, 5.74) is 3.90. The van der Waals surface area contributed by atoms with E-state index in [0.29, 0.717) is 32.6 Å². The number of benzene rings is 3. The molecule has 1 aliphatic heterocycles. The highest BCUT2D eigenvalue weighted by Gasteiger charge is 2.40. The summed E-state index contributed by atoms with van der Waals surface area (Å²) in [4.78, 5) is 28.0. The number of nitrogens with zero attached hydrogens (tertiary/aromatic N) is 1. The van der Waals surface area contributed by atoms with Gasteiger partial charge in [0.1, 0.15) is 5.70 Å². The summed E-state index contributed by atoms with van der Waals surface area (Å²) in [7, 11) is 0. The third kappa shape index (κ3) is 3.49. The Balaban J connectivity index is 1.85.